The van der Waals surface area contributed by atoms with Crippen LogP contribution in [0.15, 0.2) is 78.9 Å². The highest BCUT2D eigenvalue weighted by Gasteiger charge is 2.31. The average molecular weight is 662 g/mol. The lowest BCUT2D eigenvalue weighted by atomic mass is 9.99. The van der Waals surface area contributed by atoms with E-state index in [0.29, 0.717) is 5.56 Å². The standard InChI is InChI=1S/C34H39N5O9/c1-21(2)18-27(37-34(46)28(36-30(41)16-17-31(42)43)20-23-8-14-26(40)15-9-23)33(45)38-29(19-22-6-4-3-5-7-22)32(44)35-24-10-12-25(13-11-24)39(47)48/h3-15,21,27-29,40H,16-20H2,1-2H3,(H,35,44)(H,36,41)(H,37,46)(H,38,45)(H,42,43)/t27-,28-,29-/m0/s1. The lowest BCUT2D eigenvalue weighted by Crippen LogP contribution is -2.57. The van der Waals surface area contributed by atoms with Gasteiger partial charge in [0.05, 0.1) is 11.3 Å². The van der Waals surface area contributed by atoms with Gasteiger partial charge in [0, 0.05) is 37.1 Å². The zero-order valence-corrected chi connectivity index (χ0v) is 26.5. The average Bonchev–Trinajstić information content (AvgIpc) is 3.04. The zero-order chi connectivity index (χ0) is 35.2. The van der Waals surface area contributed by atoms with Crippen molar-refractivity contribution >= 4 is 41.0 Å². The molecule has 0 bridgehead atoms. The van der Waals surface area contributed by atoms with Gasteiger partial charge in [-0.1, -0.05) is 56.3 Å². The van der Waals surface area contributed by atoms with Crippen molar-refractivity contribution in [3.63, 3.8) is 0 Å². The molecule has 0 saturated heterocycles. The van der Waals surface area contributed by atoms with Crippen LogP contribution in [0.5, 0.6) is 5.75 Å². The summed E-state index contributed by atoms with van der Waals surface area (Å²) in [5.41, 5.74) is 1.45. The van der Waals surface area contributed by atoms with E-state index in [1.807, 2.05) is 13.8 Å². The molecule has 0 fully saturated rings. The van der Waals surface area contributed by atoms with E-state index in [9.17, 15) is 39.2 Å². The molecule has 4 amide bonds. The number of nitrogens with zero attached hydrogens (tertiary/aromatic N) is 1. The topological polar surface area (TPSA) is 217 Å². The molecule has 0 unspecified atom stereocenters. The highest BCUT2D eigenvalue weighted by Crippen LogP contribution is 2.17. The van der Waals surface area contributed by atoms with Crippen LogP contribution < -0.4 is 21.3 Å². The van der Waals surface area contributed by atoms with Gasteiger partial charge < -0.3 is 31.5 Å². The van der Waals surface area contributed by atoms with Crippen molar-refractivity contribution in [2.45, 2.75) is 64.1 Å². The zero-order valence-electron chi connectivity index (χ0n) is 26.5. The molecule has 3 atom stereocenters. The summed E-state index contributed by atoms with van der Waals surface area (Å²) in [5, 5.41) is 40.3. The number of phenolic OH excluding ortho intramolecular Hbond substituents is 1. The number of non-ortho nitro benzene ring substituents is 1. The minimum atomic E-state index is -1.19. The molecule has 0 heterocycles. The van der Waals surface area contributed by atoms with Gasteiger partial charge in [0.25, 0.3) is 5.69 Å². The summed E-state index contributed by atoms with van der Waals surface area (Å²) < 4.78 is 0. The van der Waals surface area contributed by atoms with Crippen molar-refractivity contribution in [2.24, 2.45) is 5.92 Å². The number of amides is 4. The number of nitrogens with one attached hydrogen (secondary N) is 4. The molecule has 3 rings (SSSR count). The quantitative estimate of drug-likeness (QED) is 0.0924. The van der Waals surface area contributed by atoms with Crippen molar-refractivity contribution < 1.29 is 39.1 Å². The van der Waals surface area contributed by atoms with Gasteiger partial charge in [0.2, 0.25) is 23.6 Å². The second-order valence-corrected chi connectivity index (χ2v) is 11.6. The van der Waals surface area contributed by atoms with E-state index in [4.69, 9.17) is 5.11 Å². The van der Waals surface area contributed by atoms with Crippen molar-refractivity contribution in [3.05, 3.63) is 100 Å². The molecular weight excluding hydrogens is 622 g/mol. The van der Waals surface area contributed by atoms with E-state index >= 15 is 0 Å². The van der Waals surface area contributed by atoms with E-state index in [-0.39, 0.29) is 48.7 Å². The van der Waals surface area contributed by atoms with Gasteiger partial charge in [-0.2, -0.15) is 0 Å². The Labute approximate surface area is 277 Å². The molecule has 0 aromatic heterocycles. The van der Waals surface area contributed by atoms with Gasteiger partial charge >= 0.3 is 5.97 Å². The number of hydrogen-bond acceptors (Lipinski definition) is 8. The number of rotatable bonds is 17. The molecule has 0 aliphatic heterocycles. The maximum absolute atomic E-state index is 13.7. The largest absolute Gasteiger partial charge is 0.508 e. The molecule has 0 aliphatic rings. The lowest BCUT2D eigenvalue weighted by Gasteiger charge is -2.26. The van der Waals surface area contributed by atoms with Crippen molar-refractivity contribution in [1.82, 2.24) is 16.0 Å². The number of aliphatic carboxylic acids is 1. The predicted octanol–water partition coefficient (Wildman–Crippen LogP) is 3.09. The summed E-state index contributed by atoms with van der Waals surface area (Å²) in [5.74, 6) is -3.88. The number of anilines is 1. The number of nitro groups is 1. The van der Waals surface area contributed by atoms with Gasteiger partial charge in [-0.15, -0.1) is 0 Å². The van der Waals surface area contributed by atoms with Crippen LogP contribution >= 0.6 is 0 Å². The van der Waals surface area contributed by atoms with Gasteiger partial charge in [0.15, 0.2) is 0 Å². The number of carbonyl (C=O) groups is 5. The van der Waals surface area contributed by atoms with Crippen LogP contribution in [0.4, 0.5) is 11.4 Å². The Morgan fingerprint density at radius 1 is 0.708 bits per heavy atom. The van der Waals surface area contributed by atoms with E-state index in [2.05, 4.69) is 21.3 Å². The third-order valence-electron chi connectivity index (χ3n) is 7.20. The SMILES string of the molecule is CC(C)C[C@H](NC(=O)[C@H](Cc1ccc(O)cc1)NC(=O)CCC(=O)O)C(=O)N[C@@H](Cc1ccccc1)C(=O)Nc1ccc([N+](=O)[O-])cc1. The van der Waals surface area contributed by atoms with Crippen LogP contribution in [0.1, 0.15) is 44.2 Å². The predicted molar refractivity (Wildman–Crippen MR) is 176 cm³/mol. The van der Waals surface area contributed by atoms with Crippen molar-refractivity contribution in [2.75, 3.05) is 5.32 Å². The Hall–Kier alpha value is -5.79. The minimum Gasteiger partial charge on any atom is -0.508 e. The van der Waals surface area contributed by atoms with Crippen LogP contribution in [-0.2, 0) is 36.8 Å². The number of aromatic hydroxyl groups is 1. The first kappa shape index (κ1) is 36.7. The Balaban J connectivity index is 1.82. The third-order valence-corrected chi connectivity index (χ3v) is 7.20. The molecule has 254 valence electrons. The highest BCUT2D eigenvalue weighted by molar-refractivity contribution is 5.99. The number of hydrogen-bond donors (Lipinski definition) is 6. The number of carboxylic acids is 1. The highest BCUT2D eigenvalue weighted by atomic mass is 16.6. The van der Waals surface area contributed by atoms with Gasteiger partial charge in [-0.05, 0) is 47.7 Å². The van der Waals surface area contributed by atoms with E-state index in [1.165, 1.54) is 36.4 Å². The maximum atomic E-state index is 13.7. The fourth-order valence-corrected chi connectivity index (χ4v) is 4.77. The summed E-state index contributed by atoms with van der Waals surface area (Å²) in [7, 11) is 0. The van der Waals surface area contributed by atoms with Gasteiger partial charge in [-0.25, -0.2) is 0 Å². The minimum absolute atomic E-state index is 0.00147. The normalized spacial score (nSPS) is 12.6. The monoisotopic (exact) mass is 661 g/mol. The van der Waals surface area contributed by atoms with Crippen LogP contribution in [0.25, 0.3) is 0 Å². The van der Waals surface area contributed by atoms with Gasteiger partial charge in [0.1, 0.15) is 23.9 Å². The molecule has 0 radical (unpaired) electrons. The fourth-order valence-electron chi connectivity index (χ4n) is 4.77. The molecule has 6 N–H and O–H groups in total. The molecule has 0 spiro atoms. The first-order chi connectivity index (χ1) is 22.8. The van der Waals surface area contributed by atoms with E-state index < -0.39 is 59.1 Å². The second kappa shape index (κ2) is 17.8. The van der Waals surface area contributed by atoms with Crippen LogP contribution in [0, 0.1) is 16.0 Å². The fraction of sp³-hybridized carbons (Fsp3) is 0.324. The Bertz CT molecular complexity index is 1580. The molecule has 3 aromatic rings. The second-order valence-electron chi connectivity index (χ2n) is 11.6. The first-order valence-corrected chi connectivity index (χ1v) is 15.3. The summed E-state index contributed by atoms with van der Waals surface area (Å²) in [4.78, 5) is 74.8. The summed E-state index contributed by atoms with van der Waals surface area (Å²) in [6.07, 6.45) is -0.553. The Morgan fingerprint density at radius 3 is 1.81 bits per heavy atom. The number of benzene rings is 3. The van der Waals surface area contributed by atoms with Crippen molar-refractivity contribution in [1.29, 1.82) is 0 Å². The molecule has 0 saturated carbocycles. The third kappa shape index (κ3) is 12.2. The summed E-state index contributed by atoms with van der Waals surface area (Å²) in [6.45, 7) is 3.69. The lowest BCUT2D eigenvalue weighted by molar-refractivity contribution is -0.384. The molecular formula is C34H39N5O9. The summed E-state index contributed by atoms with van der Waals surface area (Å²) >= 11 is 0. The molecule has 48 heavy (non-hydrogen) atoms. The number of phenols is 1. The van der Waals surface area contributed by atoms with E-state index in [0.717, 1.165) is 5.56 Å². The number of carbonyl (C=O) groups excluding carboxylic acids is 4. The van der Waals surface area contributed by atoms with Crippen molar-refractivity contribution in [3.8, 4) is 5.75 Å². The molecule has 14 nitrogen and oxygen atoms in total. The first-order valence-electron chi connectivity index (χ1n) is 15.3. The molecule has 14 heteroatoms. The van der Waals surface area contributed by atoms with Crippen LogP contribution in [-0.4, -0.2) is 62.9 Å². The molecule has 3 aromatic carbocycles. The van der Waals surface area contributed by atoms with E-state index in [1.54, 1.807) is 42.5 Å². The van der Waals surface area contributed by atoms with Crippen LogP contribution in [0.2, 0.25) is 0 Å². The maximum Gasteiger partial charge on any atom is 0.303 e. The van der Waals surface area contributed by atoms with Crippen LogP contribution in [0.3, 0.4) is 0 Å². The van der Waals surface area contributed by atoms with Gasteiger partial charge in [-0.3, -0.25) is 34.1 Å². The Morgan fingerprint density at radius 2 is 1.25 bits per heavy atom. The number of carboxylic acid groups (broad SMARTS) is 1. The Kier molecular flexibility index (Phi) is 13.6. The number of nitro benzene ring substituents is 1. The molecule has 0 aliphatic carbocycles. The smallest absolute Gasteiger partial charge is 0.303 e. The summed E-state index contributed by atoms with van der Waals surface area (Å²) in [6, 6.07) is 16.7.